The zero-order valence-electron chi connectivity index (χ0n) is 36.7. The molecule has 3 atom stereocenters. The Hall–Kier alpha value is -5.62. The Bertz CT molecular complexity index is 2380. The molecule has 2 aliphatic rings. The summed E-state index contributed by atoms with van der Waals surface area (Å²) < 4.78 is 2.08. The minimum atomic E-state index is -0.681. The van der Waals surface area contributed by atoms with Crippen LogP contribution in [0.1, 0.15) is 63.8 Å². The molecule has 0 bridgehead atoms. The molecule has 0 radical (unpaired) electrons. The van der Waals surface area contributed by atoms with Crippen LogP contribution >= 0.6 is 11.3 Å². The van der Waals surface area contributed by atoms with Gasteiger partial charge in [-0.3, -0.25) is 29.8 Å². The summed E-state index contributed by atoms with van der Waals surface area (Å²) in [5.74, 6) is 1.35. The first-order chi connectivity index (χ1) is 31.1. The molecule has 4 heterocycles. The average molecular weight is 856 g/mol. The molecule has 3 unspecified atom stereocenters. The van der Waals surface area contributed by atoms with Crippen LogP contribution in [0.25, 0.3) is 0 Å². The fourth-order valence-corrected chi connectivity index (χ4v) is 10.3. The third kappa shape index (κ3) is 9.96. The molecule has 1 aliphatic heterocycles. The fraction of sp³-hybridized carbons (Fsp3) is 0.321. The summed E-state index contributed by atoms with van der Waals surface area (Å²) in [5.41, 5.74) is 12.1. The fourth-order valence-electron chi connectivity index (χ4n) is 9.61. The predicted molar refractivity (Wildman–Crippen MR) is 259 cm³/mol. The van der Waals surface area contributed by atoms with E-state index in [2.05, 4.69) is 200 Å². The van der Waals surface area contributed by atoms with Crippen molar-refractivity contribution < 1.29 is 0 Å². The van der Waals surface area contributed by atoms with Crippen molar-refractivity contribution in [3.8, 4) is 0 Å². The number of rotatable bonds is 20. The Morgan fingerprint density at radius 3 is 2.05 bits per heavy atom. The third-order valence-electron chi connectivity index (χ3n) is 12.9. The monoisotopic (exact) mass is 855 g/mol. The Morgan fingerprint density at radius 1 is 0.746 bits per heavy atom. The average Bonchev–Trinajstić information content (AvgIpc) is 3.76. The van der Waals surface area contributed by atoms with E-state index in [1.807, 2.05) is 23.6 Å². The van der Waals surface area contributed by atoms with Gasteiger partial charge in [0, 0.05) is 69.3 Å². The normalized spacial score (nSPS) is 17.7. The number of thiophene rings is 1. The van der Waals surface area contributed by atoms with E-state index >= 15 is 0 Å². The number of hydrogen-bond donors (Lipinski definition) is 3. The Labute approximate surface area is 377 Å². The standard InChI is InChI=1S/C53H61N9S/c1-3-48-50(55-32-30-45-27-18-38-63-45)52(58-59(48)2)62(57-47-39-46(47)42-21-10-5-11-22-42)40-53(49-28-16-17-31-54-49,56-33-29-41-19-8-4-9-20-41)61-36-34-60(35-37-61)51(43-23-12-6-13-24-43)44-25-14-7-15-26-44/h4-28,31,38,46-47,51,55-57H,3,29-30,32-37,39-40H2,1-2H3. The number of nitrogens with zero attached hydrogens (tertiary/aromatic N) is 6. The maximum Gasteiger partial charge on any atom is 0.188 e. The summed E-state index contributed by atoms with van der Waals surface area (Å²) in [7, 11) is 2.09. The molecular formula is C53H61N9S. The van der Waals surface area contributed by atoms with Crippen molar-refractivity contribution in [1.29, 1.82) is 0 Å². The van der Waals surface area contributed by atoms with Crippen LogP contribution in [0.5, 0.6) is 0 Å². The van der Waals surface area contributed by atoms with Crippen LogP contribution in [0.4, 0.5) is 11.5 Å². The first kappa shape index (κ1) is 42.7. The largest absolute Gasteiger partial charge is 0.380 e. The highest BCUT2D eigenvalue weighted by atomic mass is 32.1. The minimum absolute atomic E-state index is 0.164. The van der Waals surface area contributed by atoms with Crippen molar-refractivity contribution in [2.24, 2.45) is 7.05 Å². The number of pyridine rings is 1. The van der Waals surface area contributed by atoms with Crippen LogP contribution in [0, 0.1) is 0 Å². The van der Waals surface area contributed by atoms with E-state index in [-0.39, 0.29) is 12.1 Å². The van der Waals surface area contributed by atoms with Gasteiger partial charge in [0.1, 0.15) is 11.4 Å². The lowest BCUT2D eigenvalue weighted by molar-refractivity contribution is -0.00169. The minimum Gasteiger partial charge on any atom is -0.380 e. The van der Waals surface area contributed by atoms with E-state index in [0.29, 0.717) is 12.5 Å². The van der Waals surface area contributed by atoms with E-state index < -0.39 is 5.66 Å². The van der Waals surface area contributed by atoms with Gasteiger partial charge in [0.2, 0.25) is 0 Å². The third-order valence-corrected chi connectivity index (χ3v) is 13.9. The SMILES string of the molecule is CCc1c(NCCc2cccs2)c(N(CC(NCCc2ccccc2)(c2ccccn2)N2CCN(C(c3ccccc3)c3ccccc3)CC2)NC2CC2c2ccccc2)nn1C. The lowest BCUT2D eigenvalue weighted by atomic mass is 9.95. The molecule has 10 heteroatoms. The van der Waals surface area contributed by atoms with Gasteiger partial charge >= 0.3 is 0 Å². The van der Waals surface area contributed by atoms with Gasteiger partial charge in [0.15, 0.2) is 5.82 Å². The van der Waals surface area contributed by atoms with Gasteiger partial charge in [0.05, 0.1) is 24.0 Å². The molecule has 2 fully saturated rings. The molecule has 7 aromatic rings. The van der Waals surface area contributed by atoms with Crippen molar-refractivity contribution in [1.82, 2.24) is 35.3 Å². The quantitative estimate of drug-likeness (QED) is 0.0657. The predicted octanol–water partition coefficient (Wildman–Crippen LogP) is 9.05. The number of nitrogens with one attached hydrogen (secondary N) is 3. The second-order valence-corrected chi connectivity index (χ2v) is 18.0. The number of piperazine rings is 1. The zero-order chi connectivity index (χ0) is 42.9. The van der Waals surface area contributed by atoms with Gasteiger partial charge in [-0.25, -0.2) is 5.43 Å². The number of hydrogen-bond acceptors (Lipinski definition) is 9. The molecule has 0 spiro atoms. The molecule has 1 aliphatic carbocycles. The van der Waals surface area contributed by atoms with Gasteiger partial charge in [0.25, 0.3) is 0 Å². The summed E-state index contributed by atoms with van der Waals surface area (Å²) in [6.07, 6.45) is 5.73. The number of aryl methyl sites for hydroxylation is 1. The number of anilines is 2. The van der Waals surface area contributed by atoms with E-state index in [1.54, 1.807) is 0 Å². The molecule has 0 amide bonds. The molecule has 9 rings (SSSR count). The first-order valence-electron chi connectivity index (χ1n) is 22.8. The number of benzene rings is 4. The lowest BCUT2D eigenvalue weighted by Gasteiger charge is -2.50. The van der Waals surface area contributed by atoms with Crippen LogP contribution in [-0.4, -0.2) is 76.4 Å². The second-order valence-electron chi connectivity index (χ2n) is 16.9. The van der Waals surface area contributed by atoms with Crippen molar-refractivity contribution in [3.05, 3.63) is 202 Å². The Balaban J connectivity index is 1.10. The zero-order valence-corrected chi connectivity index (χ0v) is 37.5. The smallest absolute Gasteiger partial charge is 0.188 e. The summed E-state index contributed by atoms with van der Waals surface area (Å²) in [4.78, 5) is 12.0. The molecule has 1 saturated heterocycles. The van der Waals surface area contributed by atoms with Crippen molar-refractivity contribution >= 4 is 22.8 Å². The highest BCUT2D eigenvalue weighted by molar-refractivity contribution is 7.09. The van der Waals surface area contributed by atoms with Gasteiger partial charge < -0.3 is 5.32 Å². The van der Waals surface area contributed by atoms with E-state index in [4.69, 9.17) is 10.1 Å². The van der Waals surface area contributed by atoms with Gasteiger partial charge in [-0.05, 0) is 71.5 Å². The van der Waals surface area contributed by atoms with Crippen LogP contribution in [0.15, 0.2) is 163 Å². The topological polar surface area (TPSA) is 76.5 Å². The van der Waals surface area contributed by atoms with Crippen LogP contribution in [0.3, 0.4) is 0 Å². The Kier molecular flexibility index (Phi) is 13.7. The molecule has 4 aromatic carbocycles. The van der Waals surface area contributed by atoms with E-state index in [0.717, 1.165) is 82.2 Å². The lowest BCUT2D eigenvalue weighted by Crippen LogP contribution is -2.67. The molecule has 3 N–H and O–H groups in total. The van der Waals surface area contributed by atoms with Gasteiger partial charge in [-0.2, -0.15) is 5.10 Å². The van der Waals surface area contributed by atoms with Crippen molar-refractivity contribution in [2.75, 3.05) is 56.1 Å². The molecule has 9 nitrogen and oxygen atoms in total. The van der Waals surface area contributed by atoms with Crippen LogP contribution in [-0.2, 0) is 32.0 Å². The summed E-state index contributed by atoms with van der Waals surface area (Å²) in [6.45, 7) is 7.90. The molecular weight excluding hydrogens is 795 g/mol. The maximum absolute atomic E-state index is 5.37. The van der Waals surface area contributed by atoms with E-state index in [9.17, 15) is 0 Å². The molecule has 324 valence electrons. The molecule has 1 saturated carbocycles. The summed E-state index contributed by atoms with van der Waals surface area (Å²) >= 11 is 1.82. The van der Waals surface area contributed by atoms with Crippen molar-refractivity contribution in [2.45, 2.75) is 56.3 Å². The highest BCUT2D eigenvalue weighted by Gasteiger charge is 2.47. The van der Waals surface area contributed by atoms with E-state index in [1.165, 1.54) is 32.8 Å². The van der Waals surface area contributed by atoms with Gasteiger partial charge in [-0.15, -0.1) is 11.3 Å². The molecule has 63 heavy (non-hydrogen) atoms. The van der Waals surface area contributed by atoms with Crippen LogP contribution in [0.2, 0.25) is 0 Å². The number of hydrazine groups is 1. The molecule has 3 aromatic heterocycles. The number of aromatic nitrogens is 3. The Morgan fingerprint density at radius 2 is 1.41 bits per heavy atom. The maximum atomic E-state index is 5.37. The summed E-state index contributed by atoms with van der Waals surface area (Å²) in [5, 5.41) is 18.1. The second kappa shape index (κ2) is 20.3. The first-order valence-corrected chi connectivity index (χ1v) is 23.7. The van der Waals surface area contributed by atoms with Crippen LogP contribution < -0.4 is 21.1 Å². The van der Waals surface area contributed by atoms with Gasteiger partial charge in [-0.1, -0.05) is 140 Å². The van der Waals surface area contributed by atoms with Crippen molar-refractivity contribution in [3.63, 3.8) is 0 Å². The summed E-state index contributed by atoms with van der Waals surface area (Å²) in [6, 6.07) is 55.0. The highest BCUT2D eigenvalue weighted by Crippen LogP contribution is 2.43.